The normalized spacial score (nSPS) is 38.6. The summed E-state index contributed by atoms with van der Waals surface area (Å²) in [7, 11) is 0. The average Bonchev–Trinajstić information content (AvgIpc) is 2.64. The molecule has 0 aromatic heterocycles. The molecule has 2 bridgehead atoms. The molecule has 0 spiro atoms. The van der Waals surface area contributed by atoms with Crippen LogP contribution in [0.1, 0.15) is 19.3 Å². The Kier molecular flexibility index (Phi) is 2.37. The van der Waals surface area contributed by atoms with E-state index in [2.05, 4.69) is 21.2 Å². The quantitative estimate of drug-likeness (QED) is 0.718. The van der Waals surface area contributed by atoms with Gasteiger partial charge in [0.25, 0.3) is 0 Å². The third kappa shape index (κ3) is 1.50. The number of hydrogen-bond donors (Lipinski definition) is 1. The molecule has 2 aliphatic rings. The highest BCUT2D eigenvalue weighted by Crippen LogP contribution is 2.34. The number of carbonyl (C=O) groups excluding carboxylic acids is 1. The highest BCUT2D eigenvalue weighted by Gasteiger charge is 2.41. The number of halogens is 1. The average molecular weight is 234 g/mol. The van der Waals surface area contributed by atoms with E-state index in [0.717, 1.165) is 12.8 Å². The molecule has 3 nitrogen and oxygen atoms in total. The van der Waals surface area contributed by atoms with Crippen LogP contribution < -0.4 is 5.32 Å². The van der Waals surface area contributed by atoms with E-state index in [9.17, 15) is 4.79 Å². The fourth-order valence-corrected chi connectivity index (χ4v) is 2.20. The molecule has 3 unspecified atom stereocenters. The van der Waals surface area contributed by atoms with Crippen LogP contribution in [0.5, 0.6) is 0 Å². The Morgan fingerprint density at radius 3 is 2.92 bits per heavy atom. The van der Waals surface area contributed by atoms with E-state index in [4.69, 9.17) is 4.74 Å². The van der Waals surface area contributed by atoms with Crippen LogP contribution in [0.2, 0.25) is 0 Å². The second kappa shape index (κ2) is 3.34. The van der Waals surface area contributed by atoms with Gasteiger partial charge in [-0.15, -0.1) is 0 Å². The Bertz CT molecular complexity index is 197. The predicted octanol–water partition coefficient (Wildman–Crippen LogP) is 0.817. The van der Waals surface area contributed by atoms with Crippen LogP contribution in [0.25, 0.3) is 0 Å². The number of rotatable bonds is 2. The fourth-order valence-electron chi connectivity index (χ4n) is 2.04. The highest BCUT2D eigenvalue weighted by atomic mass is 79.9. The van der Waals surface area contributed by atoms with E-state index in [1.54, 1.807) is 0 Å². The summed E-state index contributed by atoms with van der Waals surface area (Å²) >= 11 is 3.12. The lowest BCUT2D eigenvalue weighted by molar-refractivity contribution is -0.119. The Morgan fingerprint density at radius 1 is 1.58 bits per heavy atom. The van der Waals surface area contributed by atoms with Gasteiger partial charge in [-0.25, -0.2) is 0 Å². The molecule has 0 radical (unpaired) electrons. The van der Waals surface area contributed by atoms with Crippen molar-refractivity contribution in [3.05, 3.63) is 0 Å². The standard InChI is InChI=1S/C8H12BrNO2/c9-4-8(11)10-6-3-5-1-2-7(6)12-5/h5-7H,1-4H2,(H,10,11). The predicted molar refractivity (Wildman–Crippen MR) is 48.2 cm³/mol. The van der Waals surface area contributed by atoms with Gasteiger partial charge in [0.2, 0.25) is 5.91 Å². The van der Waals surface area contributed by atoms with Gasteiger partial charge in [0.05, 0.1) is 23.6 Å². The summed E-state index contributed by atoms with van der Waals surface area (Å²) < 4.78 is 5.60. The zero-order valence-corrected chi connectivity index (χ0v) is 8.34. The summed E-state index contributed by atoms with van der Waals surface area (Å²) in [6, 6.07) is 0.272. The number of carbonyl (C=O) groups is 1. The second-order valence-corrected chi connectivity index (χ2v) is 3.98. The lowest BCUT2D eigenvalue weighted by Crippen LogP contribution is -2.41. The molecule has 68 valence electrons. The van der Waals surface area contributed by atoms with Crippen LogP contribution >= 0.6 is 15.9 Å². The van der Waals surface area contributed by atoms with E-state index >= 15 is 0 Å². The third-order valence-electron chi connectivity index (χ3n) is 2.57. The van der Waals surface area contributed by atoms with E-state index < -0.39 is 0 Å². The van der Waals surface area contributed by atoms with Crippen molar-refractivity contribution in [2.75, 3.05) is 5.33 Å². The molecule has 4 heteroatoms. The van der Waals surface area contributed by atoms with E-state index in [-0.39, 0.29) is 18.1 Å². The van der Waals surface area contributed by atoms with Crippen LogP contribution in [0.3, 0.4) is 0 Å². The van der Waals surface area contributed by atoms with E-state index in [1.807, 2.05) is 0 Å². The zero-order chi connectivity index (χ0) is 8.55. The lowest BCUT2D eigenvalue weighted by atomic mass is 9.95. The molecule has 0 saturated carbocycles. The molecule has 12 heavy (non-hydrogen) atoms. The van der Waals surface area contributed by atoms with Gasteiger partial charge in [0.15, 0.2) is 0 Å². The Labute approximate surface area is 80.0 Å². The van der Waals surface area contributed by atoms with Gasteiger partial charge < -0.3 is 10.1 Å². The third-order valence-corrected chi connectivity index (χ3v) is 3.08. The molecular formula is C8H12BrNO2. The molecule has 2 rings (SSSR count). The molecule has 0 aromatic carbocycles. The fraction of sp³-hybridized carbons (Fsp3) is 0.875. The topological polar surface area (TPSA) is 38.3 Å². The van der Waals surface area contributed by atoms with Crippen molar-refractivity contribution in [1.82, 2.24) is 5.32 Å². The summed E-state index contributed by atoms with van der Waals surface area (Å²) in [6.07, 6.45) is 3.99. The minimum absolute atomic E-state index is 0.0659. The lowest BCUT2D eigenvalue weighted by Gasteiger charge is -2.19. The van der Waals surface area contributed by atoms with Crippen molar-refractivity contribution in [3.8, 4) is 0 Å². The minimum Gasteiger partial charge on any atom is -0.373 e. The van der Waals surface area contributed by atoms with Gasteiger partial charge in [0, 0.05) is 0 Å². The van der Waals surface area contributed by atoms with Gasteiger partial charge in [-0.05, 0) is 19.3 Å². The van der Waals surface area contributed by atoms with Crippen LogP contribution in [0.4, 0.5) is 0 Å². The zero-order valence-electron chi connectivity index (χ0n) is 6.75. The SMILES string of the molecule is O=C(CBr)NC1CC2CCC1O2. The van der Waals surface area contributed by atoms with E-state index in [0.29, 0.717) is 11.4 Å². The first-order valence-electron chi connectivity index (χ1n) is 4.30. The van der Waals surface area contributed by atoms with Crippen LogP contribution in [0.15, 0.2) is 0 Å². The van der Waals surface area contributed by atoms with Gasteiger partial charge in [-0.1, -0.05) is 15.9 Å². The minimum atomic E-state index is 0.0659. The molecule has 2 aliphatic heterocycles. The number of hydrogen-bond acceptors (Lipinski definition) is 2. The smallest absolute Gasteiger partial charge is 0.230 e. The van der Waals surface area contributed by atoms with Crippen molar-refractivity contribution in [1.29, 1.82) is 0 Å². The maximum atomic E-state index is 11.0. The van der Waals surface area contributed by atoms with Crippen LogP contribution in [-0.4, -0.2) is 29.5 Å². The highest BCUT2D eigenvalue weighted by molar-refractivity contribution is 9.09. The van der Waals surface area contributed by atoms with Gasteiger partial charge in [0.1, 0.15) is 0 Å². The van der Waals surface area contributed by atoms with Crippen molar-refractivity contribution >= 4 is 21.8 Å². The van der Waals surface area contributed by atoms with Crippen molar-refractivity contribution < 1.29 is 9.53 Å². The Hall–Kier alpha value is -0.0900. The van der Waals surface area contributed by atoms with Gasteiger partial charge >= 0.3 is 0 Å². The molecule has 2 heterocycles. The maximum Gasteiger partial charge on any atom is 0.230 e. The Morgan fingerprint density at radius 2 is 2.42 bits per heavy atom. The first-order chi connectivity index (χ1) is 5.79. The largest absolute Gasteiger partial charge is 0.373 e. The molecule has 2 fully saturated rings. The molecule has 1 amide bonds. The maximum absolute atomic E-state index is 11.0. The summed E-state index contributed by atoms with van der Waals surface area (Å²) in [4.78, 5) is 11.0. The van der Waals surface area contributed by atoms with Gasteiger partial charge in [-0.2, -0.15) is 0 Å². The van der Waals surface area contributed by atoms with Crippen molar-refractivity contribution in [3.63, 3.8) is 0 Å². The van der Waals surface area contributed by atoms with Crippen molar-refractivity contribution in [2.45, 2.75) is 37.5 Å². The second-order valence-electron chi connectivity index (χ2n) is 3.42. The van der Waals surface area contributed by atoms with Gasteiger partial charge in [-0.3, -0.25) is 4.79 Å². The van der Waals surface area contributed by atoms with Crippen molar-refractivity contribution in [2.24, 2.45) is 0 Å². The molecule has 3 atom stereocenters. The Balaban J connectivity index is 1.86. The number of ether oxygens (including phenoxy) is 1. The number of amides is 1. The molecule has 0 aromatic rings. The monoisotopic (exact) mass is 233 g/mol. The van der Waals surface area contributed by atoms with Crippen LogP contribution in [-0.2, 0) is 9.53 Å². The summed E-state index contributed by atoms with van der Waals surface area (Å²) in [5.74, 6) is 0.0659. The van der Waals surface area contributed by atoms with E-state index in [1.165, 1.54) is 6.42 Å². The number of fused-ring (bicyclic) bond motifs is 2. The first-order valence-corrected chi connectivity index (χ1v) is 5.42. The molecule has 2 saturated heterocycles. The summed E-state index contributed by atoms with van der Waals surface area (Å²) in [5, 5.41) is 3.34. The summed E-state index contributed by atoms with van der Waals surface area (Å²) in [6.45, 7) is 0. The number of alkyl halides is 1. The molecular weight excluding hydrogens is 222 g/mol. The molecule has 1 N–H and O–H groups in total. The summed E-state index contributed by atoms with van der Waals surface area (Å²) in [5.41, 5.74) is 0. The van der Waals surface area contributed by atoms with Crippen LogP contribution in [0, 0.1) is 0 Å². The first kappa shape index (κ1) is 8.51. The number of nitrogens with one attached hydrogen (secondary N) is 1. The molecule has 0 aliphatic carbocycles.